The first-order valence-electron chi connectivity index (χ1n) is 4.47. The van der Waals surface area contributed by atoms with Crippen LogP contribution in [0, 0.1) is 0 Å². The molecule has 0 amide bonds. The van der Waals surface area contributed by atoms with E-state index in [1.807, 2.05) is 29.9 Å². The van der Waals surface area contributed by atoms with Crippen LogP contribution < -0.4 is 5.32 Å². The molecular formula is C10H12N4. The Morgan fingerprint density at radius 1 is 1.43 bits per heavy atom. The molecule has 14 heavy (non-hydrogen) atoms. The first-order valence-corrected chi connectivity index (χ1v) is 4.47. The summed E-state index contributed by atoms with van der Waals surface area (Å²) in [6, 6.07) is 5.83. The Labute approximate surface area is 82.6 Å². The molecule has 0 aliphatic carbocycles. The van der Waals surface area contributed by atoms with Crippen LogP contribution in [0.1, 0.15) is 5.56 Å². The summed E-state index contributed by atoms with van der Waals surface area (Å²) in [5.41, 5.74) is 1.23. The lowest BCUT2D eigenvalue weighted by atomic mass is 10.3. The number of nitrogens with one attached hydrogen (secondary N) is 1. The summed E-state index contributed by atoms with van der Waals surface area (Å²) in [4.78, 5) is 0. The lowest BCUT2D eigenvalue weighted by Gasteiger charge is -2.01. The largest absolute Gasteiger partial charge is 0.364 e. The van der Waals surface area contributed by atoms with Gasteiger partial charge in [-0.2, -0.15) is 5.10 Å². The number of hydrogen-bond donors (Lipinski definition) is 1. The molecule has 0 saturated carbocycles. The molecule has 4 heteroatoms. The maximum absolute atomic E-state index is 3.93. The third-order valence-electron chi connectivity index (χ3n) is 1.94. The van der Waals surface area contributed by atoms with Gasteiger partial charge in [-0.25, -0.2) is 0 Å². The van der Waals surface area contributed by atoms with Gasteiger partial charge in [-0.3, -0.25) is 0 Å². The van der Waals surface area contributed by atoms with E-state index in [-0.39, 0.29) is 0 Å². The van der Waals surface area contributed by atoms with Crippen molar-refractivity contribution >= 4 is 5.82 Å². The summed E-state index contributed by atoms with van der Waals surface area (Å²) >= 11 is 0. The molecule has 0 saturated heterocycles. The Hall–Kier alpha value is -1.84. The van der Waals surface area contributed by atoms with Crippen LogP contribution >= 0.6 is 0 Å². The standard InChI is InChI=1S/C10H12N4/c1-14-6-4-9(8-14)7-11-10-3-2-5-12-13-10/h2-6,8H,7H2,1H3,(H,11,13). The molecule has 2 aromatic heterocycles. The average Bonchev–Trinajstić information content (AvgIpc) is 2.63. The van der Waals surface area contributed by atoms with E-state index in [2.05, 4.69) is 27.8 Å². The molecule has 0 unspecified atom stereocenters. The summed E-state index contributed by atoms with van der Waals surface area (Å²) in [6.07, 6.45) is 5.75. The second-order valence-electron chi connectivity index (χ2n) is 3.15. The third-order valence-corrected chi connectivity index (χ3v) is 1.94. The molecule has 2 rings (SSSR count). The van der Waals surface area contributed by atoms with Crippen LogP contribution in [0.25, 0.3) is 0 Å². The van der Waals surface area contributed by atoms with Crippen molar-refractivity contribution in [2.75, 3.05) is 5.32 Å². The van der Waals surface area contributed by atoms with Crippen molar-refractivity contribution in [3.05, 3.63) is 42.4 Å². The van der Waals surface area contributed by atoms with Gasteiger partial charge >= 0.3 is 0 Å². The fourth-order valence-corrected chi connectivity index (χ4v) is 1.25. The van der Waals surface area contributed by atoms with Gasteiger partial charge in [0, 0.05) is 32.2 Å². The van der Waals surface area contributed by atoms with Gasteiger partial charge in [0.05, 0.1) is 0 Å². The molecule has 0 aliphatic rings. The van der Waals surface area contributed by atoms with Crippen molar-refractivity contribution in [2.45, 2.75) is 6.54 Å². The zero-order valence-electron chi connectivity index (χ0n) is 8.01. The molecule has 1 N–H and O–H groups in total. The highest BCUT2D eigenvalue weighted by Crippen LogP contribution is 2.04. The lowest BCUT2D eigenvalue weighted by molar-refractivity contribution is 0.918. The highest BCUT2D eigenvalue weighted by molar-refractivity contribution is 5.32. The minimum atomic E-state index is 0.777. The number of aryl methyl sites for hydroxylation is 1. The van der Waals surface area contributed by atoms with Crippen LogP contribution in [0.5, 0.6) is 0 Å². The SMILES string of the molecule is Cn1ccc(CNc2cccnn2)c1. The maximum Gasteiger partial charge on any atom is 0.148 e. The van der Waals surface area contributed by atoms with Crippen molar-refractivity contribution in [2.24, 2.45) is 7.05 Å². The topological polar surface area (TPSA) is 42.7 Å². The Morgan fingerprint density at radius 2 is 2.36 bits per heavy atom. The molecule has 0 bridgehead atoms. The quantitative estimate of drug-likeness (QED) is 0.792. The van der Waals surface area contributed by atoms with Gasteiger partial charge in [0.1, 0.15) is 5.82 Å². The van der Waals surface area contributed by atoms with E-state index < -0.39 is 0 Å². The van der Waals surface area contributed by atoms with Crippen LogP contribution in [0.4, 0.5) is 5.82 Å². The first kappa shape index (κ1) is 8.74. The maximum atomic E-state index is 3.93. The fraction of sp³-hybridized carbons (Fsp3) is 0.200. The van der Waals surface area contributed by atoms with E-state index in [1.165, 1.54) is 5.56 Å². The highest BCUT2D eigenvalue weighted by atomic mass is 15.2. The predicted molar refractivity (Wildman–Crippen MR) is 54.8 cm³/mol. The average molecular weight is 188 g/mol. The zero-order valence-corrected chi connectivity index (χ0v) is 8.01. The van der Waals surface area contributed by atoms with Crippen molar-refractivity contribution in [3.8, 4) is 0 Å². The molecule has 0 aromatic carbocycles. The van der Waals surface area contributed by atoms with E-state index in [4.69, 9.17) is 0 Å². The molecule has 2 aromatic rings. The normalized spacial score (nSPS) is 10.1. The molecule has 2 heterocycles. The Bertz CT molecular complexity index is 394. The number of nitrogens with zero attached hydrogens (tertiary/aromatic N) is 3. The van der Waals surface area contributed by atoms with Gasteiger partial charge in [-0.15, -0.1) is 5.10 Å². The predicted octanol–water partition coefficient (Wildman–Crippen LogP) is 1.43. The summed E-state index contributed by atoms with van der Waals surface area (Å²) in [5.74, 6) is 0.802. The van der Waals surface area contributed by atoms with Gasteiger partial charge in [0.25, 0.3) is 0 Å². The van der Waals surface area contributed by atoms with E-state index in [9.17, 15) is 0 Å². The molecule has 0 aliphatic heterocycles. The minimum absolute atomic E-state index is 0.777. The molecule has 0 spiro atoms. The Morgan fingerprint density at radius 3 is 3.00 bits per heavy atom. The van der Waals surface area contributed by atoms with E-state index >= 15 is 0 Å². The molecule has 72 valence electrons. The van der Waals surface area contributed by atoms with Crippen molar-refractivity contribution < 1.29 is 0 Å². The van der Waals surface area contributed by atoms with Gasteiger partial charge in [-0.05, 0) is 23.8 Å². The van der Waals surface area contributed by atoms with Crippen LogP contribution in [-0.2, 0) is 13.6 Å². The molecule has 0 atom stereocenters. The number of anilines is 1. The van der Waals surface area contributed by atoms with Gasteiger partial charge in [-0.1, -0.05) is 0 Å². The summed E-state index contributed by atoms with van der Waals surface area (Å²) in [5, 5.41) is 10.9. The summed E-state index contributed by atoms with van der Waals surface area (Å²) in [7, 11) is 2.01. The second-order valence-corrected chi connectivity index (χ2v) is 3.15. The van der Waals surface area contributed by atoms with Crippen molar-refractivity contribution in [1.29, 1.82) is 0 Å². The van der Waals surface area contributed by atoms with Crippen molar-refractivity contribution in [1.82, 2.24) is 14.8 Å². The highest BCUT2D eigenvalue weighted by Gasteiger charge is 1.95. The molecule has 4 nitrogen and oxygen atoms in total. The van der Waals surface area contributed by atoms with E-state index in [1.54, 1.807) is 6.20 Å². The fourth-order valence-electron chi connectivity index (χ4n) is 1.25. The number of rotatable bonds is 3. The van der Waals surface area contributed by atoms with Gasteiger partial charge < -0.3 is 9.88 Å². The lowest BCUT2D eigenvalue weighted by Crippen LogP contribution is -2.00. The number of hydrogen-bond acceptors (Lipinski definition) is 3. The molecular weight excluding hydrogens is 176 g/mol. The Kier molecular flexibility index (Phi) is 2.44. The smallest absolute Gasteiger partial charge is 0.148 e. The van der Waals surface area contributed by atoms with E-state index in [0.29, 0.717) is 0 Å². The van der Waals surface area contributed by atoms with Crippen LogP contribution in [-0.4, -0.2) is 14.8 Å². The minimum Gasteiger partial charge on any atom is -0.364 e. The summed E-state index contributed by atoms with van der Waals surface area (Å²) in [6.45, 7) is 0.777. The van der Waals surface area contributed by atoms with E-state index in [0.717, 1.165) is 12.4 Å². The number of aromatic nitrogens is 3. The van der Waals surface area contributed by atoms with Crippen LogP contribution in [0.15, 0.2) is 36.8 Å². The van der Waals surface area contributed by atoms with Gasteiger partial charge in [0.2, 0.25) is 0 Å². The Balaban J connectivity index is 1.95. The van der Waals surface area contributed by atoms with Crippen molar-refractivity contribution in [3.63, 3.8) is 0 Å². The second kappa shape index (κ2) is 3.91. The molecule has 0 fully saturated rings. The third kappa shape index (κ3) is 2.10. The zero-order chi connectivity index (χ0) is 9.80. The molecule has 0 radical (unpaired) electrons. The van der Waals surface area contributed by atoms with Crippen LogP contribution in [0.3, 0.4) is 0 Å². The first-order chi connectivity index (χ1) is 6.84. The monoisotopic (exact) mass is 188 g/mol. The van der Waals surface area contributed by atoms with Gasteiger partial charge in [0.15, 0.2) is 0 Å². The van der Waals surface area contributed by atoms with Crippen LogP contribution in [0.2, 0.25) is 0 Å². The summed E-state index contributed by atoms with van der Waals surface area (Å²) < 4.78 is 2.02.